The molecule has 0 radical (unpaired) electrons. The minimum Gasteiger partial charge on any atom is -0.489 e. The summed E-state index contributed by atoms with van der Waals surface area (Å²) in [7, 11) is -3.91. The van der Waals surface area contributed by atoms with E-state index in [1.807, 2.05) is 30.3 Å². The Kier molecular flexibility index (Phi) is 7.78. The fraction of sp³-hybridized carbons (Fsp3) is 0.208. The van der Waals surface area contributed by atoms with Crippen molar-refractivity contribution in [3.8, 4) is 5.75 Å². The molecule has 4 rings (SSSR count). The number of sulfonamides is 1. The van der Waals surface area contributed by atoms with Gasteiger partial charge in [0.25, 0.3) is 11.6 Å². The van der Waals surface area contributed by atoms with Crippen LogP contribution in [0.4, 0.5) is 11.4 Å². The topological polar surface area (TPSA) is 140 Å². The molecule has 1 aliphatic heterocycles. The maximum absolute atomic E-state index is 12.8. The van der Waals surface area contributed by atoms with Gasteiger partial charge in [0.1, 0.15) is 18.0 Å². The first-order chi connectivity index (χ1) is 17.3. The molecule has 3 aromatic carbocycles. The number of amides is 1. The Morgan fingerprint density at radius 3 is 2.39 bits per heavy atom. The van der Waals surface area contributed by atoms with Gasteiger partial charge in [0.15, 0.2) is 0 Å². The summed E-state index contributed by atoms with van der Waals surface area (Å²) >= 11 is 0. The molecule has 1 saturated heterocycles. The first kappa shape index (κ1) is 25.1. The van der Waals surface area contributed by atoms with Crippen molar-refractivity contribution in [2.24, 2.45) is 0 Å². The van der Waals surface area contributed by atoms with Crippen molar-refractivity contribution in [1.29, 1.82) is 0 Å². The van der Waals surface area contributed by atoms with Gasteiger partial charge in [-0.05, 0) is 42.0 Å². The van der Waals surface area contributed by atoms with Gasteiger partial charge in [0.2, 0.25) is 10.0 Å². The Hall–Kier alpha value is -4.00. The largest absolute Gasteiger partial charge is 0.489 e. The first-order valence-corrected chi connectivity index (χ1v) is 12.5. The highest BCUT2D eigenvalue weighted by molar-refractivity contribution is 7.89. The minimum atomic E-state index is -3.91. The summed E-state index contributed by atoms with van der Waals surface area (Å²) in [6.07, 6.45) is 0. The fourth-order valence-corrected chi connectivity index (χ4v) is 4.93. The number of ether oxygens (including phenoxy) is 2. The zero-order chi connectivity index (χ0) is 25.5. The average Bonchev–Trinajstić information content (AvgIpc) is 2.91. The number of rotatable bonds is 9. The molecule has 11 nitrogen and oxygen atoms in total. The molecule has 2 N–H and O–H groups in total. The summed E-state index contributed by atoms with van der Waals surface area (Å²) in [5.74, 6) is 0.207. The van der Waals surface area contributed by atoms with Crippen LogP contribution < -0.4 is 15.6 Å². The Bertz CT molecular complexity index is 1330. The molecule has 0 bridgehead atoms. The van der Waals surface area contributed by atoms with E-state index in [1.165, 1.54) is 16.4 Å². The third-order valence-corrected chi connectivity index (χ3v) is 7.34. The molecule has 1 aliphatic rings. The summed E-state index contributed by atoms with van der Waals surface area (Å²) in [4.78, 5) is 23.2. The molecule has 0 spiro atoms. The first-order valence-electron chi connectivity index (χ1n) is 11.0. The molecule has 0 atom stereocenters. The van der Waals surface area contributed by atoms with Gasteiger partial charge in [-0.2, -0.15) is 4.31 Å². The van der Waals surface area contributed by atoms with Crippen molar-refractivity contribution < 1.29 is 27.6 Å². The molecule has 0 unspecified atom stereocenters. The molecule has 12 heteroatoms. The lowest BCUT2D eigenvalue weighted by Gasteiger charge is -2.26. The number of morpholine rings is 1. The van der Waals surface area contributed by atoms with Crippen LogP contribution in [-0.4, -0.2) is 49.9 Å². The van der Waals surface area contributed by atoms with Crippen LogP contribution in [0.5, 0.6) is 5.75 Å². The number of hydrazine groups is 1. The molecular weight excluding hydrogens is 488 g/mol. The number of nitro groups is 1. The predicted octanol–water partition coefficient (Wildman–Crippen LogP) is 2.95. The molecule has 3 aromatic rings. The van der Waals surface area contributed by atoms with E-state index in [-0.39, 0.29) is 36.9 Å². The number of nitrogens with one attached hydrogen (secondary N) is 2. The van der Waals surface area contributed by atoms with Crippen LogP contribution in [0.25, 0.3) is 0 Å². The number of nitro benzene ring substituents is 1. The lowest BCUT2D eigenvalue weighted by Crippen LogP contribution is -2.40. The monoisotopic (exact) mass is 512 g/mol. The number of para-hydroxylation sites is 1. The number of carbonyl (C=O) groups excluding carboxylic acids is 1. The van der Waals surface area contributed by atoms with Gasteiger partial charge in [-0.3, -0.25) is 25.8 Å². The second-order valence-corrected chi connectivity index (χ2v) is 9.77. The Morgan fingerprint density at radius 1 is 1.03 bits per heavy atom. The number of hydrogen-bond donors (Lipinski definition) is 2. The van der Waals surface area contributed by atoms with Crippen molar-refractivity contribution in [2.75, 3.05) is 31.7 Å². The molecule has 0 aromatic heterocycles. The maximum Gasteiger partial charge on any atom is 0.295 e. The maximum atomic E-state index is 12.8. The highest BCUT2D eigenvalue weighted by Crippen LogP contribution is 2.29. The van der Waals surface area contributed by atoms with Crippen molar-refractivity contribution in [1.82, 2.24) is 9.73 Å². The van der Waals surface area contributed by atoms with E-state index >= 15 is 0 Å². The smallest absolute Gasteiger partial charge is 0.295 e. The second-order valence-electron chi connectivity index (χ2n) is 7.83. The summed E-state index contributed by atoms with van der Waals surface area (Å²) < 4.78 is 37.7. The molecule has 188 valence electrons. The van der Waals surface area contributed by atoms with Crippen molar-refractivity contribution in [2.45, 2.75) is 11.5 Å². The lowest BCUT2D eigenvalue weighted by atomic mass is 10.1. The van der Waals surface area contributed by atoms with Crippen LogP contribution in [0.1, 0.15) is 15.9 Å². The summed E-state index contributed by atoms with van der Waals surface area (Å²) in [6, 6.07) is 19.5. The van der Waals surface area contributed by atoms with Gasteiger partial charge in [0, 0.05) is 24.7 Å². The highest BCUT2D eigenvalue weighted by Gasteiger charge is 2.29. The van der Waals surface area contributed by atoms with E-state index in [0.717, 1.165) is 17.4 Å². The SMILES string of the molecule is O=C(NNc1ccc(S(=O)(=O)N2CCOCC2)cc1[N+](=O)[O-])c1ccc(COc2ccccc2)cc1. The van der Waals surface area contributed by atoms with E-state index in [2.05, 4.69) is 10.9 Å². The summed E-state index contributed by atoms with van der Waals surface area (Å²) in [5, 5.41) is 11.6. The molecule has 0 saturated carbocycles. The van der Waals surface area contributed by atoms with E-state index < -0.39 is 26.5 Å². The quantitative estimate of drug-likeness (QED) is 0.329. The normalized spacial score (nSPS) is 14.1. The second kappa shape index (κ2) is 11.2. The summed E-state index contributed by atoms with van der Waals surface area (Å²) in [6.45, 7) is 1.19. The van der Waals surface area contributed by atoms with Crippen LogP contribution in [0.2, 0.25) is 0 Å². The number of hydrogen-bond acceptors (Lipinski definition) is 8. The van der Waals surface area contributed by atoms with Crippen LogP contribution in [-0.2, 0) is 21.4 Å². The standard InChI is InChI=1S/C24H24N4O7S/c29-24(19-8-6-18(7-9-19)17-35-20-4-2-1-3-5-20)26-25-22-11-10-21(16-23(22)28(30)31)36(32,33)27-12-14-34-15-13-27/h1-11,16,25H,12-15,17H2,(H,26,29). The summed E-state index contributed by atoms with van der Waals surface area (Å²) in [5.41, 5.74) is 5.56. The fourth-order valence-electron chi connectivity index (χ4n) is 3.50. The minimum absolute atomic E-state index is 0.0536. The molecule has 36 heavy (non-hydrogen) atoms. The van der Waals surface area contributed by atoms with E-state index in [9.17, 15) is 23.3 Å². The lowest BCUT2D eigenvalue weighted by molar-refractivity contribution is -0.384. The predicted molar refractivity (Wildman–Crippen MR) is 131 cm³/mol. The van der Waals surface area contributed by atoms with E-state index in [4.69, 9.17) is 9.47 Å². The Balaban J connectivity index is 1.40. The van der Waals surface area contributed by atoms with Crippen LogP contribution >= 0.6 is 0 Å². The molecule has 1 fully saturated rings. The number of anilines is 1. The number of nitrogens with zero attached hydrogens (tertiary/aromatic N) is 2. The van der Waals surface area contributed by atoms with Gasteiger partial charge in [-0.25, -0.2) is 8.42 Å². The van der Waals surface area contributed by atoms with Crippen LogP contribution in [0, 0.1) is 10.1 Å². The van der Waals surface area contributed by atoms with Crippen LogP contribution in [0.3, 0.4) is 0 Å². The third-order valence-electron chi connectivity index (χ3n) is 5.45. The van der Waals surface area contributed by atoms with Crippen LogP contribution in [0.15, 0.2) is 77.7 Å². The zero-order valence-electron chi connectivity index (χ0n) is 19.1. The Labute approximate surface area is 207 Å². The average molecular weight is 513 g/mol. The van der Waals surface area contributed by atoms with Gasteiger partial charge in [-0.1, -0.05) is 30.3 Å². The Morgan fingerprint density at radius 2 is 1.72 bits per heavy atom. The molecule has 0 aliphatic carbocycles. The van der Waals surface area contributed by atoms with Crippen molar-refractivity contribution in [3.05, 3.63) is 94.0 Å². The van der Waals surface area contributed by atoms with Gasteiger partial charge in [-0.15, -0.1) is 0 Å². The number of carbonyl (C=O) groups is 1. The van der Waals surface area contributed by atoms with E-state index in [1.54, 1.807) is 24.3 Å². The van der Waals surface area contributed by atoms with Gasteiger partial charge in [0.05, 0.1) is 23.0 Å². The molecular formula is C24H24N4O7S. The molecule has 1 amide bonds. The number of benzene rings is 3. The third kappa shape index (κ3) is 5.97. The van der Waals surface area contributed by atoms with Crippen molar-refractivity contribution >= 4 is 27.3 Å². The van der Waals surface area contributed by atoms with Gasteiger partial charge >= 0.3 is 0 Å². The van der Waals surface area contributed by atoms with E-state index in [0.29, 0.717) is 12.2 Å². The molecule has 1 heterocycles. The van der Waals surface area contributed by atoms with Gasteiger partial charge < -0.3 is 9.47 Å². The van der Waals surface area contributed by atoms with Crippen molar-refractivity contribution in [3.63, 3.8) is 0 Å². The highest BCUT2D eigenvalue weighted by atomic mass is 32.2. The zero-order valence-corrected chi connectivity index (χ0v) is 19.9.